The van der Waals surface area contributed by atoms with Crippen LogP contribution in [0.3, 0.4) is 0 Å². The Balaban J connectivity index is 2.41. The van der Waals surface area contributed by atoms with E-state index in [0.29, 0.717) is 36.4 Å². The summed E-state index contributed by atoms with van der Waals surface area (Å²) in [5.74, 6) is -0.0920. The van der Waals surface area contributed by atoms with E-state index in [2.05, 4.69) is 0 Å². The topological polar surface area (TPSA) is 98.9 Å². The van der Waals surface area contributed by atoms with Gasteiger partial charge in [0.05, 0.1) is 25.0 Å². The molecule has 0 aliphatic carbocycles. The molecule has 128 valence electrons. The van der Waals surface area contributed by atoms with E-state index < -0.39 is 21.8 Å². The zero-order valence-corrected chi connectivity index (χ0v) is 14.4. The largest absolute Gasteiger partial charge is 0.493 e. The van der Waals surface area contributed by atoms with Crippen LogP contribution in [0, 0.1) is 12.8 Å². The minimum Gasteiger partial charge on any atom is -0.493 e. The number of ether oxygens (including phenoxy) is 2. The molecular weight excluding hydrogens is 320 g/mol. The minimum atomic E-state index is -3.73. The third kappa shape index (κ3) is 3.42. The molecule has 0 aromatic heterocycles. The maximum absolute atomic E-state index is 12.9. The highest BCUT2D eigenvalue weighted by Gasteiger charge is 2.33. The number of carbonyl (C=O) groups excluding carboxylic acids is 1. The Morgan fingerprint density at radius 3 is 2.43 bits per heavy atom. The van der Waals surface area contributed by atoms with Crippen LogP contribution in [0.25, 0.3) is 0 Å². The van der Waals surface area contributed by atoms with E-state index >= 15 is 0 Å². The first-order valence-electron chi connectivity index (χ1n) is 7.33. The lowest BCUT2D eigenvalue weighted by Crippen LogP contribution is -2.44. The van der Waals surface area contributed by atoms with Gasteiger partial charge in [-0.2, -0.15) is 4.31 Å². The number of benzene rings is 1. The van der Waals surface area contributed by atoms with E-state index in [0.717, 1.165) is 0 Å². The molecule has 1 aromatic rings. The first kappa shape index (κ1) is 17.6. The lowest BCUT2D eigenvalue weighted by Gasteiger charge is -2.30. The summed E-state index contributed by atoms with van der Waals surface area (Å²) in [4.78, 5) is 11.5. The summed E-state index contributed by atoms with van der Waals surface area (Å²) in [6.07, 6.45) is 1.23. The van der Waals surface area contributed by atoms with E-state index in [1.165, 1.54) is 24.6 Å². The summed E-state index contributed by atoms with van der Waals surface area (Å²) in [7, 11) is -0.781. The molecule has 1 heterocycles. The van der Waals surface area contributed by atoms with Crippen LogP contribution in [0.1, 0.15) is 18.4 Å². The van der Waals surface area contributed by atoms with Crippen molar-refractivity contribution in [2.24, 2.45) is 11.7 Å². The van der Waals surface area contributed by atoms with Crippen molar-refractivity contribution < 1.29 is 22.7 Å². The van der Waals surface area contributed by atoms with Crippen molar-refractivity contribution in [3.05, 3.63) is 17.7 Å². The summed E-state index contributed by atoms with van der Waals surface area (Å²) < 4.78 is 37.5. The standard InChI is InChI=1S/C15H22N2O5S/c1-10-7-12(21-2)13(22-3)8-14(10)23(19,20)17-6-4-5-11(9-17)15(16)18/h7-8,11H,4-6,9H2,1-3H3,(H2,16,18)/t11-/m0/s1. The number of nitrogens with zero attached hydrogens (tertiary/aromatic N) is 1. The highest BCUT2D eigenvalue weighted by Crippen LogP contribution is 2.34. The highest BCUT2D eigenvalue weighted by atomic mass is 32.2. The Labute approximate surface area is 136 Å². The van der Waals surface area contributed by atoms with Crippen LogP contribution in [0.15, 0.2) is 17.0 Å². The fourth-order valence-corrected chi connectivity index (χ4v) is 4.52. The predicted molar refractivity (Wildman–Crippen MR) is 85.0 cm³/mol. The number of hydrogen-bond donors (Lipinski definition) is 1. The van der Waals surface area contributed by atoms with Crippen LogP contribution in [0.2, 0.25) is 0 Å². The monoisotopic (exact) mass is 342 g/mol. The van der Waals surface area contributed by atoms with Gasteiger partial charge in [-0.3, -0.25) is 4.79 Å². The number of methoxy groups -OCH3 is 2. The Morgan fingerprint density at radius 2 is 1.87 bits per heavy atom. The van der Waals surface area contributed by atoms with Crippen LogP contribution in [-0.2, 0) is 14.8 Å². The first-order valence-corrected chi connectivity index (χ1v) is 8.77. The summed E-state index contributed by atoms with van der Waals surface area (Å²) in [6.45, 7) is 2.19. The molecule has 2 rings (SSSR count). The van der Waals surface area contributed by atoms with E-state index in [-0.39, 0.29) is 11.4 Å². The molecular formula is C15H22N2O5S. The van der Waals surface area contributed by atoms with Crippen molar-refractivity contribution in [1.29, 1.82) is 0 Å². The molecule has 1 aliphatic rings. The number of sulfonamides is 1. The van der Waals surface area contributed by atoms with Gasteiger partial charge in [0.25, 0.3) is 0 Å². The van der Waals surface area contributed by atoms with Gasteiger partial charge in [0.1, 0.15) is 0 Å². The zero-order valence-electron chi connectivity index (χ0n) is 13.5. The fourth-order valence-electron chi connectivity index (χ4n) is 2.77. The molecule has 0 unspecified atom stereocenters. The Morgan fingerprint density at radius 1 is 1.26 bits per heavy atom. The van der Waals surface area contributed by atoms with Gasteiger partial charge in [-0.05, 0) is 31.4 Å². The maximum atomic E-state index is 12.9. The lowest BCUT2D eigenvalue weighted by molar-refractivity contribution is -0.122. The fraction of sp³-hybridized carbons (Fsp3) is 0.533. The molecule has 1 atom stereocenters. The molecule has 7 nitrogen and oxygen atoms in total. The summed E-state index contributed by atoms with van der Waals surface area (Å²) in [5, 5.41) is 0. The smallest absolute Gasteiger partial charge is 0.243 e. The third-order valence-corrected chi connectivity index (χ3v) is 6.09. The van der Waals surface area contributed by atoms with Gasteiger partial charge < -0.3 is 15.2 Å². The number of amides is 1. The van der Waals surface area contributed by atoms with E-state index in [4.69, 9.17) is 15.2 Å². The van der Waals surface area contributed by atoms with Gasteiger partial charge in [-0.1, -0.05) is 0 Å². The summed E-state index contributed by atoms with van der Waals surface area (Å²) in [6, 6.07) is 3.08. The van der Waals surface area contributed by atoms with Crippen molar-refractivity contribution >= 4 is 15.9 Å². The van der Waals surface area contributed by atoms with Crippen molar-refractivity contribution in [2.75, 3.05) is 27.3 Å². The van der Waals surface area contributed by atoms with Crippen LogP contribution in [-0.4, -0.2) is 45.9 Å². The minimum absolute atomic E-state index is 0.117. The van der Waals surface area contributed by atoms with Crippen LogP contribution >= 0.6 is 0 Å². The molecule has 1 amide bonds. The summed E-state index contributed by atoms with van der Waals surface area (Å²) in [5.41, 5.74) is 5.89. The lowest BCUT2D eigenvalue weighted by atomic mass is 9.99. The number of aryl methyl sites for hydroxylation is 1. The van der Waals surface area contributed by atoms with Gasteiger partial charge in [-0.25, -0.2) is 8.42 Å². The van der Waals surface area contributed by atoms with E-state index in [9.17, 15) is 13.2 Å². The number of rotatable bonds is 5. The molecule has 0 bridgehead atoms. The molecule has 1 saturated heterocycles. The zero-order chi connectivity index (χ0) is 17.2. The Kier molecular flexibility index (Phi) is 5.16. The van der Waals surface area contributed by atoms with Gasteiger partial charge in [0.15, 0.2) is 11.5 Å². The van der Waals surface area contributed by atoms with E-state index in [1.54, 1.807) is 13.0 Å². The number of primary amides is 1. The van der Waals surface area contributed by atoms with Crippen molar-refractivity contribution in [3.63, 3.8) is 0 Å². The van der Waals surface area contributed by atoms with Gasteiger partial charge in [0, 0.05) is 19.2 Å². The number of piperidine rings is 1. The number of nitrogens with two attached hydrogens (primary N) is 1. The molecule has 0 radical (unpaired) electrons. The Hall–Kier alpha value is -1.80. The van der Waals surface area contributed by atoms with Gasteiger partial charge in [-0.15, -0.1) is 0 Å². The second kappa shape index (κ2) is 6.76. The van der Waals surface area contributed by atoms with Crippen LogP contribution in [0.4, 0.5) is 0 Å². The Bertz CT molecular complexity index is 702. The van der Waals surface area contributed by atoms with Crippen LogP contribution in [0.5, 0.6) is 11.5 Å². The second-order valence-electron chi connectivity index (χ2n) is 5.58. The number of carbonyl (C=O) groups is 1. The van der Waals surface area contributed by atoms with Crippen molar-refractivity contribution in [1.82, 2.24) is 4.31 Å². The second-order valence-corrected chi connectivity index (χ2v) is 7.48. The summed E-state index contributed by atoms with van der Waals surface area (Å²) >= 11 is 0. The van der Waals surface area contributed by atoms with E-state index in [1.807, 2.05) is 0 Å². The highest BCUT2D eigenvalue weighted by molar-refractivity contribution is 7.89. The molecule has 1 aromatic carbocycles. The first-order chi connectivity index (χ1) is 10.8. The van der Waals surface area contributed by atoms with Crippen molar-refractivity contribution in [3.8, 4) is 11.5 Å². The number of hydrogen-bond acceptors (Lipinski definition) is 5. The average Bonchev–Trinajstić information content (AvgIpc) is 2.54. The average molecular weight is 342 g/mol. The molecule has 23 heavy (non-hydrogen) atoms. The molecule has 8 heteroatoms. The predicted octanol–water partition coefficient (Wildman–Crippen LogP) is 0.898. The quantitative estimate of drug-likeness (QED) is 0.857. The third-order valence-electron chi connectivity index (χ3n) is 4.09. The normalized spacial score (nSPS) is 19.3. The SMILES string of the molecule is COc1cc(C)c(S(=O)(=O)N2CCC[C@H](C(N)=O)C2)cc1OC. The van der Waals surface area contributed by atoms with Gasteiger partial charge in [0.2, 0.25) is 15.9 Å². The molecule has 1 aliphatic heterocycles. The molecule has 2 N–H and O–H groups in total. The maximum Gasteiger partial charge on any atom is 0.243 e. The van der Waals surface area contributed by atoms with Gasteiger partial charge >= 0.3 is 0 Å². The molecule has 0 spiro atoms. The van der Waals surface area contributed by atoms with Crippen molar-refractivity contribution in [2.45, 2.75) is 24.7 Å². The van der Waals surface area contributed by atoms with Crippen LogP contribution < -0.4 is 15.2 Å². The molecule has 0 saturated carbocycles. The molecule has 1 fully saturated rings.